The fourth-order valence-corrected chi connectivity index (χ4v) is 1.58. The molecular formula is C10H9NO. The minimum Gasteiger partial charge on any atom is -0.211 e. The minimum absolute atomic E-state index is 0.0809. The fourth-order valence-electron chi connectivity index (χ4n) is 1.58. The summed E-state index contributed by atoms with van der Waals surface area (Å²) in [5.41, 5.74) is 3.72. The van der Waals surface area contributed by atoms with E-state index in [1.54, 1.807) is 6.08 Å². The summed E-state index contributed by atoms with van der Waals surface area (Å²) in [4.78, 5) is 13.7. The molecule has 1 aliphatic carbocycles. The molecule has 1 aromatic carbocycles. The number of aryl methyl sites for hydroxylation is 1. The highest BCUT2D eigenvalue weighted by Crippen LogP contribution is 2.36. The Morgan fingerprint density at radius 3 is 3.17 bits per heavy atom. The van der Waals surface area contributed by atoms with Gasteiger partial charge in [-0.1, -0.05) is 23.8 Å². The second-order valence-electron chi connectivity index (χ2n) is 3.14. The van der Waals surface area contributed by atoms with Crippen molar-refractivity contribution in [1.82, 2.24) is 0 Å². The molecule has 0 aliphatic heterocycles. The molecule has 0 amide bonds. The van der Waals surface area contributed by atoms with Gasteiger partial charge in [0.15, 0.2) is 0 Å². The van der Waals surface area contributed by atoms with Crippen LogP contribution in [-0.2, 0) is 11.2 Å². The molecule has 0 saturated heterocycles. The average Bonchev–Trinajstić information content (AvgIpc) is 2.05. The molecule has 0 saturated carbocycles. The summed E-state index contributed by atoms with van der Waals surface area (Å²) in [6.45, 7) is 2.04. The lowest BCUT2D eigenvalue weighted by Gasteiger charge is -2.25. The van der Waals surface area contributed by atoms with Crippen LogP contribution in [0.2, 0.25) is 0 Å². The predicted molar refractivity (Wildman–Crippen MR) is 45.7 cm³/mol. The van der Waals surface area contributed by atoms with Crippen molar-refractivity contribution in [2.24, 2.45) is 4.99 Å². The van der Waals surface area contributed by atoms with E-state index in [4.69, 9.17) is 0 Å². The molecule has 2 rings (SSSR count). The van der Waals surface area contributed by atoms with Crippen molar-refractivity contribution in [3.05, 3.63) is 34.9 Å². The average molecular weight is 159 g/mol. The summed E-state index contributed by atoms with van der Waals surface area (Å²) < 4.78 is 0. The Balaban J connectivity index is 2.39. The Bertz CT molecular complexity index is 364. The monoisotopic (exact) mass is 159 g/mol. The highest BCUT2D eigenvalue weighted by Gasteiger charge is 2.24. The first-order chi connectivity index (χ1) is 5.81. The van der Waals surface area contributed by atoms with E-state index in [2.05, 4.69) is 23.2 Å². The molecule has 1 atom stereocenters. The summed E-state index contributed by atoms with van der Waals surface area (Å²) >= 11 is 0. The maximum absolute atomic E-state index is 10.0. The lowest BCUT2D eigenvalue weighted by Crippen LogP contribution is -2.14. The van der Waals surface area contributed by atoms with Gasteiger partial charge in [-0.15, -0.1) is 0 Å². The summed E-state index contributed by atoms with van der Waals surface area (Å²) in [5, 5.41) is 0. The molecule has 1 unspecified atom stereocenters. The number of hydrogen-bond acceptors (Lipinski definition) is 2. The van der Waals surface area contributed by atoms with Gasteiger partial charge in [0.1, 0.15) is 0 Å². The quantitative estimate of drug-likeness (QED) is 0.454. The number of aliphatic imine (C=N–C) groups is 1. The first kappa shape index (κ1) is 7.26. The van der Waals surface area contributed by atoms with Crippen LogP contribution in [0.4, 0.5) is 0 Å². The number of benzene rings is 1. The molecule has 1 aliphatic rings. The standard InChI is InChI=1S/C10H9NO/c1-7-2-3-8-5-10(11-6-12)9(8)4-7/h2-4,10H,5H2,1H3. The van der Waals surface area contributed by atoms with Crippen molar-refractivity contribution in [3.63, 3.8) is 0 Å². The first-order valence-electron chi connectivity index (χ1n) is 3.97. The van der Waals surface area contributed by atoms with E-state index < -0.39 is 0 Å². The number of isocyanates is 1. The lowest BCUT2D eigenvalue weighted by molar-refractivity contribution is 0.550. The van der Waals surface area contributed by atoms with Gasteiger partial charge in [0.05, 0.1) is 6.04 Å². The Hall–Kier alpha value is -1.40. The van der Waals surface area contributed by atoms with Gasteiger partial charge in [-0.05, 0) is 18.1 Å². The molecule has 2 nitrogen and oxygen atoms in total. The normalized spacial score (nSPS) is 18.9. The molecule has 0 bridgehead atoms. The zero-order chi connectivity index (χ0) is 8.55. The topological polar surface area (TPSA) is 29.4 Å². The van der Waals surface area contributed by atoms with E-state index in [0.717, 1.165) is 6.42 Å². The first-order valence-corrected chi connectivity index (χ1v) is 3.97. The predicted octanol–water partition coefficient (Wildman–Crippen LogP) is 1.93. The van der Waals surface area contributed by atoms with Crippen LogP contribution in [-0.4, -0.2) is 6.08 Å². The summed E-state index contributed by atoms with van der Waals surface area (Å²) in [7, 11) is 0. The Morgan fingerprint density at radius 2 is 2.42 bits per heavy atom. The highest BCUT2D eigenvalue weighted by atomic mass is 16.1. The molecule has 0 fully saturated rings. The smallest absolute Gasteiger partial charge is 0.211 e. The molecule has 1 aromatic rings. The van der Waals surface area contributed by atoms with Crippen LogP contribution in [0, 0.1) is 6.92 Å². The van der Waals surface area contributed by atoms with Gasteiger partial charge in [-0.3, -0.25) is 0 Å². The zero-order valence-electron chi connectivity index (χ0n) is 6.87. The van der Waals surface area contributed by atoms with Crippen LogP contribution in [0.5, 0.6) is 0 Å². The van der Waals surface area contributed by atoms with E-state index in [0.29, 0.717) is 0 Å². The summed E-state index contributed by atoms with van der Waals surface area (Å²) in [5.74, 6) is 0. The van der Waals surface area contributed by atoms with Gasteiger partial charge < -0.3 is 0 Å². The van der Waals surface area contributed by atoms with Crippen molar-refractivity contribution >= 4 is 6.08 Å². The minimum atomic E-state index is 0.0809. The van der Waals surface area contributed by atoms with Crippen LogP contribution in [0.25, 0.3) is 0 Å². The van der Waals surface area contributed by atoms with E-state index in [-0.39, 0.29) is 6.04 Å². The molecule has 0 spiro atoms. The number of nitrogens with zero attached hydrogens (tertiary/aromatic N) is 1. The van der Waals surface area contributed by atoms with E-state index in [9.17, 15) is 4.79 Å². The molecule has 0 heterocycles. The molecule has 0 aromatic heterocycles. The van der Waals surface area contributed by atoms with E-state index >= 15 is 0 Å². The van der Waals surface area contributed by atoms with Gasteiger partial charge in [-0.25, -0.2) is 4.79 Å². The molecule has 0 N–H and O–H groups in total. The van der Waals surface area contributed by atoms with Crippen LogP contribution in [0.1, 0.15) is 22.7 Å². The fraction of sp³-hybridized carbons (Fsp3) is 0.300. The third-order valence-electron chi connectivity index (χ3n) is 2.28. The second kappa shape index (κ2) is 2.58. The van der Waals surface area contributed by atoms with Crippen LogP contribution in [0.3, 0.4) is 0 Å². The van der Waals surface area contributed by atoms with Crippen molar-refractivity contribution in [2.45, 2.75) is 19.4 Å². The maximum Gasteiger partial charge on any atom is 0.235 e. The van der Waals surface area contributed by atoms with Gasteiger partial charge in [0.2, 0.25) is 6.08 Å². The van der Waals surface area contributed by atoms with Crippen LogP contribution in [0.15, 0.2) is 23.2 Å². The summed E-state index contributed by atoms with van der Waals surface area (Å²) in [6.07, 6.45) is 2.50. The van der Waals surface area contributed by atoms with Gasteiger partial charge in [-0.2, -0.15) is 4.99 Å². The Kier molecular flexibility index (Phi) is 1.56. The van der Waals surface area contributed by atoms with E-state index in [1.807, 2.05) is 6.92 Å². The number of carbonyl (C=O) groups excluding carboxylic acids is 1. The van der Waals surface area contributed by atoms with Gasteiger partial charge >= 0.3 is 0 Å². The van der Waals surface area contributed by atoms with Crippen LogP contribution < -0.4 is 0 Å². The Morgan fingerprint density at radius 1 is 1.58 bits per heavy atom. The van der Waals surface area contributed by atoms with Crippen molar-refractivity contribution in [1.29, 1.82) is 0 Å². The largest absolute Gasteiger partial charge is 0.235 e. The lowest BCUT2D eigenvalue weighted by atomic mass is 9.83. The van der Waals surface area contributed by atoms with Gasteiger partial charge in [0.25, 0.3) is 0 Å². The molecule has 0 radical (unpaired) electrons. The van der Waals surface area contributed by atoms with Crippen molar-refractivity contribution < 1.29 is 4.79 Å². The second-order valence-corrected chi connectivity index (χ2v) is 3.14. The number of hydrogen-bond donors (Lipinski definition) is 0. The van der Waals surface area contributed by atoms with E-state index in [1.165, 1.54) is 16.7 Å². The molecule has 2 heteroatoms. The SMILES string of the molecule is Cc1ccc2c(c1)C(N=C=O)C2. The third-order valence-corrected chi connectivity index (χ3v) is 2.28. The number of rotatable bonds is 1. The third kappa shape index (κ3) is 0.973. The maximum atomic E-state index is 10.0. The molecule has 60 valence electrons. The van der Waals surface area contributed by atoms with Crippen LogP contribution >= 0.6 is 0 Å². The summed E-state index contributed by atoms with van der Waals surface area (Å²) in [6, 6.07) is 6.35. The molecular weight excluding hydrogens is 150 g/mol. The zero-order valence-corrected chi connectivity index (χ0v) is 6.87. The molecule has 12 heavy (non-hydrogen) atoms. The highest BCUT2D eigenvalue weighted by molar-refractivity contribution is 5.45. The van der Waals surface area contributed by atoms with Crippen molar-refractivity contribution in [2.75, 3.05) is 0 Å². The van der Waals surface area contributed by atoms with Crippen molar-refractivity contribution in [3.8, 4) is 0 Å². The van der Waals surface area contributed by atoms with Gasteiger partial charge in [0, 0.05) is 6.42 Å². The number of fused-ring (bicyclic) bond motifs is 1. The Labute approximate surface area is 70.9 Å².